The number of hydrogen-bond acceptors (Lipinski definition) is 4. The molecule has 2 rings (SSSR count). The molecule has 24 heavy (non-hydrogen) atoms. The van der Waals surface area contributed by atoms with Crippen molar-refractivity contribution < 1.29 is 14.3 Å². The highest BCUT2D eigenvalue weighted by molar-refractivity contribution is 5.97. The SMILES string of the molecule is COc1ccc(C(=O)N(CCN)Cc2ccccc2)c(OC)c1.Cl. The van der Waals surface area contributed by atoms with Gasteiger partial charge in [-0.25, -0.2) is 0 Å². The Bertz CT molecular complexity index is 650. The van der Waals surface area contributed by atoms with E-state index in [4.69, 9.17) is 15.2 Å². The number of amides is 1. The van der Waals surface area contributed by atoms with Crippen LogP contribution in [-0.4, -0.2) is 38.1 Å². The van der Waals surface area contributed by atoms with Crippen LogP contribution >= 0.6 is 12.4 Å². The number of ether oxygens (including phenoxy) is 2. The van der Waals surface area contributed by atoms with Crippen molar-refractivity contribution >= 4 is 18.3 Å². The molecule has 2 aromatic carbocycles. The lowest BCUT2D eigenvalue weighted by Crippen LogP contribution is -2.35. The zero-order chi connectivity index (χ0) is 16.7. The second-order valence-corrected chi connectivity index (χ2v) is 5.07. The minimum absolute atomic E-state index is 0. The highest BCUT2D eigenvalue weighted by atomic mass is 35.5. The summed E-state index contributed by atoms with van der Waals surface area (Å²) in [7, 11) is 3.11. The molecule has 0 atom stereocenters. The number of carbonyl (C=O) groups is 1. The summed E-state index contributed by atoms with van der Waals surface area (Å²) in [4.78, 5) is 14.6. The standard InChI is InChI=1S/C18H22N2O3.ClH/c1-22-15-8-9-16(17(12-15)23-2)18(21)20(11-10-19)13-14-6-4-3-5-7-14;/h3-9,12H,10-11,13,19H2,1-2H3;1H. The molecule has 5 nitrogen and oxygen atoms in total. The summed E-state index contributed by atoms with van der Waals surface area (Å²) in [5.74, 6) is 1.02. The number of nitrogens with two attached hydrogens (primary N) is 1. The summed E-state index contributed by atoms with van der Waals surface area (Å²) >= 11 is 0. The first-order valence-corrected chi connectivity index (χ1v) is 7.45. The first kappa shape index (κ1) is 19.8. The van der Waals surface area contributed by atoms with Crippen LogP contribution < -0.4 is 15.2 Å². The van der Waals surface area contributed by atoms with Crippen LogP contribution in [0.5, 0.6) is 11.5 Å². The number of hydrogen-bond donors (Lipinski definition) is 1. The van der Waals surface area contributed by atoms with Crippen molar-refractivity contribution in [3.8, 4) is 11.5 Å². The Hall–Kier alpha value is -2.24. The molecular formula is C18H23ClN2O3. The van der Waals surface area contributed by atoms with Gasteiger partial charge in [0.15, 0.2) is 0 Å². The molecule has 0 aliphatic heterocycles. The molecule has 0 aromatic heterocycles. The fourth-order valence-electron chi connectivity index (χ4n) is 2.36. The van der Waals surface area contributed by atoms with E-state index in [1.807, 2.05) is 30.3 Å². The van der Waals surface area contributed by atoms with Crippen LogP contribution in [0.25, 0.3) is 0 Å². The van der Waals surface area contributed by atoms with E-state index in [9.17, 15) is 4.79 Å². The van der Waals surface area contributed by atoms with Gasteiger partial charge in [-0.15, -0.1) is 12.4 Å². The maximum Gasteiger partial charge on any atom is 0.257 e. The van der Waals surface area contributed by atoms with Crippen molar-refractivity contribution in [1.82, 2.24) is 4.90 Å². The largest absolute Gasteiger partial charge is 0.497 e. The molecule has 0 heterocycles. The maximum atomic E-state index is 12.9. The van der Waals surface area contributed by atoms with E-state index in [-0.39, 0.29) is 18.3 Å². The van der Waals surface area contributed by atoms with Crippen molar-refractivity contribution in [2.45, 2.75) is 6.54 Å². The maximum absolute atomic E-state index is 12.9. The molecule has 0 saturated carbocycles. The summed E-state index contributed by atoms with van der Waals surface area (Å²) in [6, 6.07) is 15.0. The van der Waals surface area contributed by atoms with Crippen molar-refractivity contribution in [3.63, 3.8) is 0 Å². The van der Waals surface area contributed by atoms with Crippen LogP contribution in [-0.2, 0) is 6.54 Å². The molecular weight excluding hydrogens is 328 g/mol. The van der Waals surface area contributed by atoms with Crippen LogP contribution in [0.15, 0.2) is 48.5 Å². The quantitative estimate of drug-likeness (QED) is 0.833. The fraction of sp³-hybridized carbons (Fsp3) is 0.278. The lowest BCUT2D eigenvalue weighted by Gasteiger charge is -2.23. The molecule has 0 aliphatic rings. The van der Waals surface area contributed by atoms with Gasteiger partial charge in [-0.2, -0.15) is 0 Å². The van der Waals surface area contributed by atoms with Crippen molar-refractivity contribution in [3.05, 3.63) is 59.7 Å². The number of nitrogens with zero attached hydrogens (tertiary/aromatic N) is 1. The molecule has 0 aliphatic carbocycles. The summed E-state index contributed by atoms with van der Waals surface area (Å²) in [6.45, 7) is 1.38. The Kier molecular flexibility index (Phi) is 8.09. The topological polar surface area (TPSA) is 64.8 Å². The third kappa shape index (κ3) is 4.88. The van der Waals surface area contributed by atoms with Gasteiger partial charge in [0.25, 0.3) is 5.91 Å². The first-order valence-electron chi connectivity index (χ1n) is 7.45. The molecule has 0 saturated heterocycles. The Morgan fingerprint density at radius 2 is 1.79 bits per heavy atom. The second-order valence-electron chi connectivity index (χ2n) is 5.07. The van der Waals surface area contributed by atoms with Gasteiger partial charge in [-0.1, -0.05) is 30.3 Å². The highest BCUT2D eigenvalue weighted by Crippen LogP contribution is 2.26. The van der Waals surface area contributed by atoms with Crippen molar-refractivity contribution in [2.24, 2.45) is 5.73 Å². The molecule has 0 bridgehead atoms. The highest BCUT2D eigenvalue weighted by Gasteiger charge is 2.20. The van der Waals surface area contributed by atoms with Crippen LogP contribution in [0.2, 0.25) is 0 Å². The minimum atomic E-state index is -0.112. The predicted octanol–water partition coefficient (Wildman–Crippen LogP) is 2.73. The van der Waals surface area contributed by atoms with Crippen LogP contribution in [0.3, 0.4) is 0 Å². The predicted molar refractivity (Wildman–Crippen MR) is 97.0 cm³/mol. The zero-order valence-electron chi connectivity index (χ0n) is 13.9. The molecule has 0 unspecified atom stereocenters. The molecule has 1 amide bonds. The average Bonchev–Trinajstić information content (AvgIpc) is 2.61. The van der Waals surface area contributed by atoms with Crippen LogP contribution in [0.4, 0.5) is 0 Å². The Morgan fingerprint density at radius 1 is 1.08 bits per heavy atom. The second kappa shape index (κ2) is 9.80. The smallest absolute Gasteiger partial charge is 0.257 e. The average molecular weight is 351 g/mol. The third-order valence-electron chi connectivity index (χ3n) is 3.54. The van der Waals surface area contributed by atoms with Gasteiger partial charge in [0.2, 0.25) is 0 Å². The van der Waals surface area contributed by atoms with Gasteiger partial charge >= 0.3 is 0 Å². The van der Waals surface area contributed by atoms with E-state index in [2.05, 4.69) is 0 Å². The summed E-state index contributed by atoms with van der Waals surface area (Å²) < 4.78 is 10.5. The third-order valence-corrected chi connectivity index (χ3v) is 3.54. The molecule has 2 aromatic rings. The lowest BCUT2D eigenvalue weighted by molar-refractivity contribution is 0.0745. The van der Waals surface area contributed by atoms with Gasteiger partial charge in [0.1, 0.15) is 11.5 Å². The van der Waals surface area contributed by atoms with Crippen LogP contribution in [0, 0.1) is 0 Å². The van der Waals surface area contributed by atoms with Crippen LogP contribution in [0.1, 0.15) is 15.9 Å². The zero-order valence-corrected chi connectivity index (χ0v) is 14.7. The summed E-state index contributed by atoms with van der Waals surface area (Å²) in [6.07, 6.45) is 0. The normalized spacial score (nSPS) is 9.79. The minimum Gasteiger partial charge on any atom is -0.497 e. The van der Waals surface area contributed by atoms with Gasteiger partial charge in [-0.3, -0.25) is 4.79 Å². The number of benzene rings is 2. The molecule has 6 heteroatoms. The van der Waals surface area contributed by atoms with Gasteiger partial charge in [-0.05, 0) is 17.7 Å². The Labute approximate surface area is 148 Å². The number of methoxy groups -OCH3 is 2. The van der Waals surface area contributed by atoms with E-state index >= 15 is 0 Å². The number of halogens is 1. The number of rotatable bonds is 7. The van der Waals surface area contributed by atoms with Gasteiger partial charge in [0.05, 0.1) is 19.8 Å². The fourth-order valence-corrected chi connectivity index (χ4v) is 2.36. The van der Waals surface area contributed by atoms with E-state index in [1.165, 1.54) is 7.11 Å². The van der Waals surface area contributed by atoms with E-state index < -0.39 is 0 Å². The molecule has 0 fully saturated rings. The van der Waals surface area contributed by atoms with Crippen molar-refractivity contribution in [2.75, 3.05) is 27.3 Å². The van der Waals surface area contributed by atoms with E-state index in [0.717, 1.165) is 5.56 Å². The van der Waals surface area contributed by atoms with Gasteiger partial charge < -0.3 is 20.1 Å². The molecule has 130 valence electrons. The lowest BCUT2D eigenvalue weighted by atomic mass is 10.1. The Balaban J connectivity index is 0.00000288. The van der Waals surface area contributed by atoms with E-state index in [0.29, 0.717) is 36.7 Å². The Morgan fingerprint density at radius 3 is 2.38 bits per heavy atom. The summed E-state index contributed by atoms with van der Waals surface area (Å²) in [5, 5.41) is 0. The molecule has 2 N–H and O–H groups in total. The van der Waals surface area contributed by atoms with E-state index in [1.54, 1.807) is 30.2 Å². The molecule has 0 radical (unpaired) electrons. The summed E-state index contributed by atoms with van der Waals surface area (Å²) in [5.41, 5.74) is 7.23. The van der Waals surface area contributed by atoms with Crippen molar-refractivity contribution in [1.29, 1.82) is 0 Å². The van der Waals surface area contributed by atoms with Gasteiger partial charge in [0, 0.05) is 25.7 Å². The molecule has 0 spiro atoms. The number of carbonyl (C=O) groups excluding carboxylic acids is 1. The monoisotopic (exact) mass is 350 g/mol. The first-order chi connectivity index (χ1) is 11.2.